The van der Waals surface area contributed by atoms with E-state index < -0.39 is 19.4 Å². The van der Waals surface area contributed by atoms with Crippen LogP contribution < -0.4 is 73.6 Å². The summed E-state index contributed by atoms with van der Waals surface area (Å²) in [6.45, 7) is 0.0172. The predicted molar refractivity (Wildman–Crippen MR) is 93.3 cm³/mol. The molecule has 1 aliphatic heterocycles. The molecule has 0 amide bonds. The van der Waals surface area contributed by atoms with E-state index in [9.17, 15) is 14.0 Å². The van der Waals surface area contributed by atoms with Gasteiger partial charge in [-0.15, -0.1) is 8.60 Å². The number of ether oxygens (including phenoxy) is 1. The molecule has 11 heteroatoms. The van der Waals surface area contributed by atoms with Crippen LogP contribution in [0.15, 0.2) is 53.4 Å². The van der Waals surface area contributed by atoms with Crippen molar-refractivity contribution in [2.45, 2.75) is 16.8 Å². The molecule has 0 bridgehead atoms. The van der Waals surface area contributed by atoms with Crippen molar-refractivity contribution in [2.24, 2.45) is 0 Å². The monoisotopic (exact) mass is 444 g/mol. The standard InChI is InChI=1S/C16H15O6PS2.2Na/c17-23(18)22-20-9-12-1-3-13(4-2-12)21-14-5-7-16(8-6-14)25(19)11-15-10-24-15;;/h1-8,15H,9-11H2;;/q-2;2*+1. The first kappa shape index (κ1) is 26.0. The third-order valence-corrected chi connectivity index (χ3v) is 6.24. The van der Waals surface area contributed by atoms with Gasteiger partial charge in [0.05, 0.1) is 10.8 Å². The molecule has 2 aromatic carbocycles. The molecule has 2 aromatic rings. The molecule has 0 aromatic heterocycles. The number of thioether (sulfide) groups is 1. The van der Waals surface area contributed by atoms with Crippen molar-refractivity contribution in [1.82, 2.24) is 0 Å². The Morgan fingerprint density at radius 1 is 1.04 bits per heavy atom. The van der Waals surface area contributed by atoms with Crippen LogP contribution in [-0.4, -0.2) is 21.0 Å². The summed E-state index contributed by atoms with van der Waals surface area (Å²) in [4.78, 5) is 25.8. The average molecular weight is 444 g/mol. The molecule has 6 nitrogen and oxygen atoms in total. The zero-order chi connectivity index (χ0) is 17.6. The first-order valence-corrected chi connectivity index (χ1v) is 10.9. The van der Waals surface area contributed by atoms with Gasteiger partial charge in [0.25, 0.3) is 0 Å². The third-order valence-electron chi connectivity index (χ3n) is 3.32. The zero-order valence-electron chi connectivity index (χ0n) is 15.0. The van der Waals surface area contributed by atoms with E-state index in [0.29, 0.717) is 22.5 Å². The zero-order valence-corrected chi connectivity index (χ0v) is 21.6. The maximum Gasteiger partial charge on any atom is 1.00 e. The molecule has 0 radical (unpaired) electrons. The Kier molecular flexibility index (Phi) is 12.9. The summed E-state index contributed by atoms with van der Waals surface area (Å²) >= 11 is 1.84. The van der Waals surface area contributed by atoms with Crippen molar-refractivity contribution in [2.75, 3.05) is 11.5 Å². The maximum atomic E-state index is 12.1. The van der Waals surface area contributed by atoms with Crippen LogP contribution in [0.3, 0.4) is 0 Å². The van der Waals surface area contributed by atoms with E-state index >= 15 is 0 Å². The molecule has 1 aliphatic rings. The number of rotatable bonds is 9. The molecule has 0 N–H and O–H groups in total. The Morgan fingerprint density at radius 3 is 2.11 bits per heavy atom. The van der Waals surface area contributed by atoms with Crippen LogP contribution in [-0.2, 0) is 27.0 Å². The smallest absolute Gasteiger partial charge is 0.818 e. The van der Waals surface area contributed by atoms with Gasteiger partial charge in [0.1, 0.15) is 18.1 Å². The van der Waals surface area contributed by atoms with Gasteiger partial charge in [-0.2, -0.15) is 11.8 Å². The minimum atomic E-state index is -3.02. The Labute approximate surface area is 210 Å². The van der Waals surface area contributed by atoms with Gasteiger partial charge in [-0.25, -0.2) is 9.56 Å². The van der Waals surface area contributed by atoms with Gasteiger partial charge in [-0.05, 0) is 42.0 Å². The molecule has 0 aliphatic carbocycles. The summed E-state index contributed by atoms with van der Waals surface area (Å²) < 4.78 is 21.9. The Balaban J connectivity index is 0.00000182. The van der Waals surface area contributed by atoms with Crippen molar-refractivity contribution in [1.29, 1.82) is 0 Å². The van der Waals surface area contributed by atoms with Crippen LogP contribution in [0, 0.1) is 0 Å². The molecular formula is C16H15Na2O6PS2. The van der Waals surface area contributed by atoms with Crippen molar-refractivity contribution in [3.8, 4) is 11.5 Å². The van der Waals surface area contributed by atoms with E-state index in [-0.39, 0.29) is 65.7 Å². The minimum absolute atomic E-state index is 0. The van der Waals surface area contributed by atoms with Crippen molar-refractivity contribution < 1.29 is 87.4 Å². The van der Waals surface area contributed by atoms with E-state index in [0.717, 1.165) is 16.2 Å². The van der Waals surface area contributed by atoms with Gasteiger partial charge in [0.2, 0.25) is 0 Å². The van der Waals surface area contributed by atoms with Crippen molar-refractivity contribution in [3.05, 3.63) is 54.1 Å². The van der Waals surface area contributed by atoms with E-state index in [1.165, 1.54) is 0 Å². The number of hydrogen-bond donors (Lipinski definition) is 0. The molecule has 0 spiro atoms. The Hall–Kier alpha value is 1.01. The summed E-state index contributed by atoms with van der Waals surface area (Å²) in [6.07, 6.45) is 0. The molecule has 1 heterocycles. The molecule has 2 unspecified atom stereocenters. The van der Waals surface area contributed by atoms with E-state index in [4.69, 9.17) is 4.74 Å². The Bertz CT molecular complexity index is 714. The van der Waals surface area contributed by atoms with Gasteiger partial charge in [-0.1, -0.05) is 12.1 Å². The van der Waals surface area contributed by atoms with Gasteiger partial charge < -0.3 is 14.5 Å². The van der Waals surface area contributed by atoms with Crippen molar-refractivity contribution in [3.63, 3.8) is 0 Å². The van der Waals surface area contributed by atoms with Gasteiger partial charge >= 0.3 is 59.1 Å². The van der Waals surface area contributed by atoms with Crippen LogP contribution in [0.2, 0.25) is 0 Å². The fraction of sp³-hybridized carbons (Fsp3) is 0.250. The largest absolute Gasteiger partial charge is 1.00 e. The average Bonchev–Trinajstić information content (AvgIpc) is 3.41. The first-order valence-electron chi connectivity index (χ1n) is 7.41. The summed E-state index contributed by atoms with van der Waals surface area (Å²) in [7, 11) is -3.98. The van der Waals surface area contributed by atoms with E-state index in [1.54, 1.807) is 36.4 Å². The fourth-order valence-electron chi connectivity index (χ4n) is 2.02. The minimum Gasteiger partial charge on any atom is -0.818 e. The van der Waals surface area contributed by atoms with Crippen LogP contribution in [0.1, 0.15) is 5.56 Å². The van der Waals surface area contributed by atoms with Gasteiger partial charge in [0.15, 0.2) is 0 Å². The van der Waals surface area contributed by atoms with E-state index in [1.807, 2.05) is 23.9 Å². The van der Waals surface area contributed by atoms with Crippen LogP contribution in [0.4, 0.5) is 0 Å². The second-order valence-electron chi connectivity index (χ2n) is 5.25. The molecular weight excluding hydrogens is 429 g/mol. The fourth-order valence-corrected chi connectivity index (χ4v) is 4.40. The van der Waals surface area contributed by atoms with Gasteiger partial charge in [0, 0.05) is 21.7 Å². The van der Waals surface area contributed by atoms with Crippen molar-refractivity contribution >= 4 is 31.2 Å². The van der Waals surface area contributed by atoms with Crippen LogP contribution in [0.5, 0.6) is 11.5 Å². The van der Waals surface area contributed by atoms with Crippen LogP contribution in [0.25, 0.3) is 0 Å². The molecule has 1 fully saturated rings. The van der Waals surface area contributed by atoms with E-state index in [2.05, 4.69) is 9.56 Å². The molecule has 0 saturated carbocycles. The van der Waals surface area contributed by atoms with Crippen LogP contribution >= 0.6 is 20.4 Å². The second kappa shape index (κ2) is 13.3. The molecule has 3 rings (SSSR count). The predicted octanol–water partition coefficient (Wildman–Crippen LogP) is -3.89. The van der Waals surface area contributed by atoms with Gasteiger partial charge in [-0.3, -0.25) is 4.21 Å². The quantitative estimate of drug-likeness (QED) is 0.128. The summed E-state index contributed by atoms with van der Waals surface area (Å²) in [6, 6.07) is 14.2. The summed E-state index contributed by atoms with van der Waals surface area (Å²) in [5.41, 5.74) is 0.743. The Morgan fingerprint density at radius 2 is 1.59 bits per heavy atom. The SMILES string of the molecule is O=S(CC1CS1)c1ccc(Oc2ccc(COOP([O-])[O-])cc2)cc1.[Na+].[Na+]. The molecule has 27 heavy (non-hydrogen) atoms. The maximum absolute atomic E-state index is 12.1. The molecule has 1 saturated heterocycles. The summed E-state index contributed by atoms with van der Waals surface area (Å²) in [5.74, 6) is 3.09. The molecule has 134 valence electrons. The number of benzene rings is 2. The third kappa shape index (κ3) is 9.57. The second-order valence-corrected chi connectivity index (χ2v) is 8.67. The first-order chi connectivity index (χ1) is 12.1. The molecule has 2 atom stereocenters. The normalized spacial score (nSPS) is 16.2. The number of hydrogen-bond acceptors (Lipinski definition) is 7. The summed E-state index contributed by atoms with van der Waals surface area (Å²) in [5, 5.41) is 0.541. The topological polar surface area (TPSA) is 90.9 Å².